The van der Waals surface area contributed by atoms with Crippen LogP contribution in [-0.4, -0.2) is 32.1 Å². The maximum Gasteiger partial charge on any atom is 0.227 e. The summed E-state index contributed by atoms with van der Waals surface area (Å²) in [5.74, 6) is 1.74. The molecule has 0 fully saturated rings. The van der Waals surface area contributed by atoms with Gasteiger partial charge in [-0.3, -0.25) is 0 Å². The van der Waals surface area contributed by atoms with E-state index in [2.05, 4.69) is 32.5 Å². The maximum absolute atomic E-state index is 5.57. The van der Waals surface area contributed by atoms with Crippen molar-refractivity contribution >= 4 is 0 Å². The van der Waals surface area contributed by atoms with Crippen LogP contribution < -0.4 is 5.73 Å². The van der Waals surface area contributed by atoms with Gasteiger partial charge in [-0.25, -0.2) is 0 Å². The van der Waals surface area contributed by atoms with Gasteiger partial charge in [-0.05, 0) is 25.3 Å². The fourth-order valence-electron chi connectivity index (χ4n) is 1.89. The molecule has 7 heteroatoms. The summed E-state index contributed by atoms with van der Waals surface area (Å²) < 4.78 is 5.19. The van der Waals surface area contributed by atoms with E-state index in [1.165, 1.54) is 0 Å². The van der Waals surface area contributed by atoms with Crippen molar-refractivity contribution in [2.75, 3.05) is 6.54 Å². The van der Waals surface area contributed by atoms with Crippen molar-refractivity contribution in [3.05, 3.63) is 12.1 Å². The molecule has 0 aliphatic carbocycles. The number of aromatic amines is 1. The molecule has 1 unspecified atom stereocenters. The van der Waals surface area contributed by atoms with Crippen LogP contribution in [0.25, 0.3) is 11.5 Å². The van der Waals surface area contributed by atoms with Crippen LogP contribution in [0.1, 0.15) is 32.1 Å². The number of hydrogen-bond acceptors (Lipinski definition) is 6. The van der Waals surface area contributed by atoms with Crippen LogP contribution in [0.15, 0.2) is 10.7 Å². The molecule has 0 saturated heterocycles. The van der Waals surface area contributed by atoms with Gasteiger partial charge in [0, 0.05) is 6.42 Å². The van der Waals surface area contributed by atoms with E-state index in [1.54, 1.807) is 6.20 Å². The summed E-state index contributed by atoms with van der Waals surface area (Å²) in [4.78, 5) is 4.29. The Labute approximate surface area is 105 Å². The molecule has 0 aromatic carbocycles. The molecule has 7 nitrogen and oxygen atoms in total. The summed E-state index contributed by atoms with van der Waals surface area (Å²) in [5, 5.41) is 14.0. The molecule has 0 amide bonds. The van der Waals surface area contributed by atoms with Crippen molar-refractivity contribution in [2.24, 2.45) is 11.7 Å². The Morgan fingerprint density at radius 2 is 2.33 bits per heavy atom. The summed E-state index contributed by atoms with van der Waals surface area (Å²) in [7, 11) is 0. The monoisotopic (exact) mass is 250 g/mol. The molecule has 98 valence electrons. The van der Waals surface area contributed by atoms with Crippen LogP contribution in [0.3, 0.4) is 0 Å². The van der Waals surface area contributed by atoms with Crippen LogP contribution in [0.2, 0.25) is 0 Å². The second-order valence-corrected chi connectivity index (χ2v) is 4.26. The van der Waals surface area contributed by atoms with Crippen LogP contribution in [0, 0.1) is 5.92 Å². The van der Waals surface area contributed by atoms with E-state index in [0.29, 0.717) is 23.3 Å². The normalized spacial score (nSPS) is 12.8. The van der Waals surface area contributed by atoms with E-state index in [0.717, 1.165) is 32.2 Å². The highest BCUT2D eigenvalue weighted by Gasteiger charge is 2.12. The minimum absolute atomic E-state index is 0.477. The highest BCUT2D eigenvalue weighted by molar-refractivity contribution is 5.44. The van der Waals surface area contributed by atoms with Gasteiger partial charge in [-0.2, -0.15) is 20.4 Å². The molecule has 2 rings (SSSR count). The van der Waals surface area contributed by atoms with Crippen molar-refractivity contribution < 1.29 is 4.52 Å². The summed E-state index contributed by atoms with van der Waals surface area (Å²) in [6.07, 6.45) is 5.54. The molecule has 2 aromatic rings. The zero-order valence-corrected chi connectivity index (χ0v) is 10.5. The highest BCUT2D eigenvalue weighted by atomic mass is 16.5. The Kier molecular flexibility index (Phi) is 4.40. The number of H-pyrrole nitrogens is 1. The van der Waals surface area contributed by atoms with Crippen LogP contribution >= 0.6 is 0 Å². The van der Waals surface area contributed by atoms with E-state index in [-0.39, 0.29) is 0 Å². The zero-order valence-electron chi connectivity index (χ0n) is 10.5. The fourth-order valence-corrected chi connectivity index (χ4v) is 1.89. The third-order valence-corrected chi connectivity index (χ3v) is 3.03. The van der Waals surface area contributed by atoms with Crippen molar-refractivity contribution in [3.8, 4) is 11.5 Å². The average Bonchev–Trinajstić information content (AvgIpc) is 3.04. The third-order valence-electron chi connectivity index (χ3n) is 3.03. The highest BCUT2D eigenvalue weighted by Crippen LogP contribution is 2.17. The Morgan fingerprint density at radius 1 is 1.44 bits per heavy atom. The van der Waals surface area contributed by atoms with Gasteiger partial charge in [-0.15, -0.1) is 0 Å². The van der Waals surface area contributed by atoms with Crippen LogP contribution in [0.4, 0.5) is 0 Å². The summed E-state index contributed by atoms with van der Waals surface area (Å²) >= 11 is 0. The molecular formula is C11H18N6O. The van der Waals surface area contributed by atoms with E-state index in [1.807, 2.05) is 0 Å². The molecule has 0 bridgehead atoms. The minimum Gasteiger partial charge on any atom is -0.339 e. The molecule has 2 heterocycles. The SMILES string of the molecule is CCC(CCN)CCc1nc(-c2cn[nH]n2)no1. The Bertz CT molecular complexity index is 452. The lowest BCUT2D eigenvalue weighted by Crippen LogP contribution is -2.09. The number of rotatable bonds is 7. The first-order chi connectivity index (χ1) is 8.83. The number of aromatic nitrogens is 5. The fraction of sp³-hybridized carbons (Fsp3) is 0.636. The largest absolute Gasteiger partial charge is 0.339 e. The summed E-state index contributed by atoms with van der Waals surface area (Å²) in [6, 6.07) is 0. The van der Waals surface area contributed by atoms with Gasteiger partial charge in [0.15, 0.2) is 5.69 Å². The van der Waals surface area contributed by atoms with Gasteiger partial charge in [0.1, 0.15) is 0 Å². The molecule has 0 radical (unpaired) electrons. The predicted octanol–water partition coefficient (Wildman–Crippen LogP) is 1.16. The minimum atomic E-state index is 0.477. The topological polar surface area (TPSA) is 107 Å². The predicted molar refractivity (Wildman–Crippen MR) is 65.4 cm³/mol. The van der Waals surface area contributed by atoms with E-state index in [4.69, 9.17) is 10.3 Å². The van der Waals surface area contributed by atoms with Gasteiger partial charge >= 0.3 is 0 Å². The summed E-state index contributed by atoms with van der Waals surface area (Å²) in [5.41, 5.74) is 6.17. The Balaban J connectivity index is 1.91. The molecule has 3 N–H and O–H groups in total. The van der Waals surface area contributed by atoms with Crippen molar-refractivity contribution in [1.29, 1.82) is 0 Å². The lowest BCUT2D eigenvalue weighted by atomic mass is 9.97. The van der Waals surface area contributed by atoms with Gasteiger partial charge in [0.2, 0.25) is 11.7 Å². The van der Waals surface area contributed by atoms with Gasteiger partial charge in [0.25, 0.3) is 0 Å². The lowest BCUT2D eigenvalue weighted by molar-refractivity contribution is 0.354. The van der Waals surface area contributed by atoms with Gasteiger partial charge in [-0.1, -0.05) is 18.5 Å². The van der Waals surface area contributed by atoms with E-state index < -0.39 is 0 Å². The lowest BCUT2D eigenvalue weighted by Gasteiger charge is -2.11. The van der Waals surface area contributed by atoms with Crippen molar-refractivity contribution in [1.82, 2.24) is 25.6 Å². The average molecular weight is 250 g/mol. The second kappa shape index (κ2) is 6.25. The first-order valence-electron chi connectivity index (χ1n) is 6.22. The molecule has 0 saturated carbocycles. The van der Waals surface area contributed by atoms with E-state index >= 15 is 0 Å². The molecular weight excluding hydrogens is 232 g/mol. The second-order valence-electron chi connectivity index (χ2n) is 4.26. The summed E-state index contributed by atoms with van der Waals surface area (Å²) in [6.45, 7) is 2.90. The number of hydrogen-bond donors (Lipinski definition) is 2. The molecule has 0 aliphatic rings. The third kappa shape index (κ3) is 3.13. The molecule has 0 spiro atoms. The molecule has 2 aromatic heterocycles. The van der Waals surface area contributed by atoms with Gasteiger partial charge in [0.05, 0.1) is 6.20 Å². The standard InChI is InChI=1S/C11H18N6O/c1-2-8(5-6-12)3-4-10-14-11(16-18-10)9-7-13-17-15-9/h7-8H,2-6,12H2,1H3,(H,13,15,17). The van der Waals surface area contributed by atoms with Crippen LogP contribution in [0.5, 0.6) is 0 Å². The van der Waals surface area contributed by atoms with Crippen molar-refractivity contribution in [2.45, 2.75) is 32.6 Å². The van der Waals surface area contributed by atoms with E-state index in [9.17, 15) is 0 Å². The number of nitrogens with two attached hydrogens (primary N) is 1. The number of aryl methyl sites for hydroxylation is 1. The smallest absolute Gasteiger partial charge is 0.227 e. The van der Waals surface area contributed by atoms with Crippen molar-refractivity contribution in [3.63, 3.8) is 0 Å². The first kappa shape index (κ1) is 12.7. The Morgan fingerprint density at radius 3 is 3.00 bits per heavy atom. The quantitative estimate of drug-likeness (QED) is 0.763. The molecule has 1 atom stereocenters. The molecule has 18 heavy (non-hydrogen) atoms. The zero-order chi connectivity index (χ0) is 12.8. The first-order valence-corrected chi connectivity index (χ1v) is 6.22. The number of nitrogens with one attached hydrogen (secondary N) is 1. The molecule has 0 aliphatic heterocycles. The van der Waals surface area contributed by atoms with Crippen LogP contribution in [-0.2, 0) is 6.42 Å². The Hall–Kier alpha value is -1.76. The number of nitrogens with zero attached hydrogens (tertiary/aromatic N) is 4. The maximum atomic E-state index is 5.57. The van der Waals surface area contributed by atoms with Gasteiger partial charge < -0.3 is 10.3 Å².